The van der Waals surface area contributed by atoms with Crippen molar-refractivity contribution in [1.82, 2.24) is 9.62 Å². The van der Waals surface area contributed by atoms with Crippen LogP contribution in [0.15, 0.2) is 48.6 Å². The van der Waals surface area contributed by atoms with Crippen molar-refractivity contribution in [2.45, 2.75) is 74.7 Å². The number of nitrogens with zero attached hydrogens (tertiary/aromatic N) is 2. The van der Waals surface area contributed by atoms with Crippen molar-refractivity contribution in [1.29, 1.82) is 0 Å². The Morgan fingerprint density at radius 1 is 1.12 bits per heavy atom. The molecule has 3 aliphatic heterocycles. The number of hydrogen-bond acceptors (Lipinski definition) is 9. The minimum absolute atomic E-state index is 0.118. The van der Waals surface area contributed by atoms with Crippen LogP contribution in [0.4, 0.5) is 5.69 Å². The molecule has 10 nitrogen and oxygen atoms in total. The molecule has 2 aliphatic carbocycles. The van der Waals surface area contributed by atoms with E-state index in [1.54, 1.807) is 6.07 Å². The number of benzene rings is 2. The predicted octanol–water partition coefficient (Wildman–Crippen LogP) is 5.37. The van der Waals surface area contributed by atoms with Crippen LogP contribution < -0.4 is 14.4 Å². The van der Waals surface area contributed by atoms with Crippen molar-refractivity contribution >= 4 is 33.2 Å². The zero-order valence-corrected chi connectivity index (χ0v) is 31.4. The van der Waals surface area contributed by atoms with Gasteiger partial charge in [0.1, 0.15) is 11.0 Å². The number of sulfonamides is 1. The summed E-state index contributed by atoms with van der Waals surface area (Å²) in [6.45, 7) is 8.55. The van der Waals surface area contributed by atoms with Gasteiger partial charge in [-0.2, -0.15) is 0 Å². The van der Waals surface area contributed by atoms with Gasteiger partial charge in [0, 0.05) is 55.8 Å². The molecule has 2 fully saturated rings. The summed E-state index contributed by atoms with van der Waals surface area (Å²) in [4.78, 5) is 18.5. The smallest absolute Gasteiger partial charge is 0.264 e. The first-order valence-corrected chi connectivity index (χ1v) is 20.6. The van der Waals surface area contributed by atoms with Gasteiger partial charge in [0.15, 0.2) is 0 Å². The number of halogens is 1. The minimum Gasteiger partial charge on any atom is -0.490 e. The molecule has 3 heterocycles. The second-order valence-corrected chi connectivity index (χ2v) is 17.3. The Labute approximate surface area is 307 Å². The number of carbonyl (C=O) groups excluding carboxylic acids is 1. The number of aryl methyl sites for hydroxylation is 1. The lowest BCUT2D eigenvalue weighted by Crippen LogP contribution is -2.50. The van der Waals surface area contributed by atoms with E-state index in [0.717, 1.165) is 82.2 Å². The largest absolute Gasteiger partial charge is 0.490 e. The Kier molecular flexibility index (Phi) is 11.3. The van der Waals surface area contributed by atoms with E-state index in [2.05, 4.69) is 32.7 Å². The van der Waals surface area contributed by atoms with Crippen LogP contribution in [-0.4, -0.2) is 103 Å². The summed E-state index contributed by atoms with van der Waals surface area (Å²) in [5.74, 6) is 0.693. The van der Waals surface area contributed by atoms with Crippen molar-refractivity contribution in [2.75, 3.05) is 71.2 Å². The molecule has 12 heteroatoms. The number of fused-ring (bicyclic) bond motifs is 4. The number of nitrogens with one attached hydrogen (secondary N) is 1. The molecule has 1 spiro atoms. The van der Waals surface area contributed by atoms with E-state index in [9.17, 15) is 13.2 Å². The Bertz CT molecular complexity index is 1700. The fraction of sp³-hybridized carbons (Fsp3) is 0.615. The molecule has 2 aromatic rings. The summed E-state index contributed by atoms with van der Waals surface area (Å²) in [6.07, 6.45) is 9.19. The number of amides is 1. The van der Waals surface area contributed by atoms with E-state index in [-0.39, 0.29) is 23.0 Å². The predicted molar refractivity (Wildman–Crippen MR) is 198 cm³/mol. The first-order chi connectivity index (χ1) is 24.7. The van der Waals surface area contributed by atoms with E-state index < -0.39 is 27.3 Å². The number of carbonyl (C=O) groups is 1. The van der Waals surface area contributed by atoms with Gasteiger partial charge in [-0.25, -0.2) is 13.1 Å². The van der Waals surface area contributed by atoms with E-state index in [0.29, 0.717) is 44.3 Å². The van der Waals surface area contributed by atoms with Gasteiger partial charge in [-0.05, 0) is 98.2 Å². The van der Waals surface area contributed by atoms with Crippen LogP contribution in [-0.2, 0) is 36.1 Å². The second-order valence-electron chi connectivity index (χ2n) is 14.9. The third-order valence-corrected chi connectivity index (χ3v) is 14.1. The van der Waals surface area contributed by atoms with Crippen molar-refractivity contribution in [3.05, 3.63) is 70.3 Å². The molecule has 1 saturated heterocycles. The number of ether oxygens (including phenoxy) is 4. The van der Waals surface area contributed by atoms with Crippen LogP contribution in [0.5, 0.6) is 5.75 Å². The molecule has 278 valence electrons. The first kappa shape index (κ1) is 36.7. The summed E-state index contributed by atoms with van der Waals surface area (Å²) in [6, 6.07) is 11.6. The summed E-state index contributed by atoms with van der Waals surface area (Å²) >= 11 is 6.47. The average molecular weight is 742 g/mol. The van der Waals surface area contributed by atoms with Crippen molar-refractivity contribution < 1.29 is 32.2 Å². The molecule has 0 unspecified atom stereocenters. The summed E-state index contributed by atoms with van der Waals surface area (Å²) in [7, 11) is -2.54. The van der Waals surface area contributed by atoms with Gasteiger partial charge in [-0.3, -0.25) is 9.69 Å². The van der Waals surface area contributed by atoms with Crippen LogP contribution in [0.2, 0.25) is 5.02 Å². The van der Waals surface area contributed by atoms with E-state index in [1.807, 2.05) is 31.2 Å². The van der Waals surface area contributed by atoms with Gasteiger partial charge in [0.2, 0.25) is 10.0 Å². The van der Waals surface area contributed by atoms with Crippen molar-refractivity contribution in [3.8, 4) is 5.75 Å². The van der Waals surface area contributed by atoms with Gasteiger partial charge in [-0.1, -0.05) is 36.7 Å². The molecule has 2 aromatic carbocycles. The maximum absolute atomic E-state index is 13.7. The van der Waals surface area contributed by atoms with E-state index in [4.69, 9.17) is 30.5 Å². The molecule has 1 amide bonds. The molecule has 0 aromatic heterocycles. The minimum atomic E-state index is -4.07. The molecule has 1 N–H and O–H groups in total. The van der Waals surface area contributed by atoms with Crippen LogP contribution in [0, 0.1) is 11.8 Å². The first-order valence-electron chi connectivity index (χ1n) is 18.7. The maximum Gasteiger partial charge on any atom is 0.264 e. The van der Waals surface area contributed by atoms with Gasteiger partial charge < -0.3 is 23.8 Å². The highest BCUT2D eigenvalue weighted by atomic mass is 35.5. The van der Waals surface area contributed by atoms with Crippen molar-refractivity contribution in [2.24, 2.45) is 11.8 Å². The lowest BCUT2D eigenvalue weighted by atomic mass is 9.68. The summed E-state index contributed by atoms with van der Waals surface area (Å²) < 4.78 is 54.5. The lowest BCUT2D eigenvalue weighted by molar-refractivity contribution is -0.0315. The van der Waals surface area contributed by atoms with Gasteiger partial charge in [-0.15, -0.1) is 0 Å². The van der Waals surface area contributed by atoms with Gasteiger partial charge in [0.25, 0.3) is 5.91 Å². The molecule has 51 heavy (non-hydrogen) atoms. The quantitative estimate of drug-likeness (QED) is 0.392. The Hall–Kier alpha value is -2.67. The highest BCUT2D eigenvalue weighted by Crippen LogP contribution is 2.47. The fourth-order valence-corrected chi connectivity index (χ4v) is 10.7. The highest BCUT2D eigenvalue weighted by Gasteiger charge is 2.45. The van der Waals surface area contributed by atoms with E-state index in [1.165, 1.54) is 18.2 Å². The van der Waals surface area contributed by atoms with Crippen LogP contribution in [0.3, 0.4) is 0 Å². The number of morpholine rings is 1. The Balaban J connectivity index is 1.25. The third kappa shape index (κ3) is 7.85. The number of rotatable bonds is 6. The van der Waals surface area contributed by atoms with Crippen LogP contribution in [0.1, 0.15) is 66.9 Å². The Morgan fingerprint density at radius 2 is 1.96 bits per heavy atom. The molecule has 7 rings (SSSR count). The summed E-state index contributed by atoms with van der Waals surface area (Å²) in [5, 5.41) is -0.173. The topological polar surface area (TPSA) is 107 Å². The molecule has 6 atom stereocenters. The van der Waals surface area contributed by atoms with Crippen LogP contribution in [0.25, 0.3) is 0 Å². The Morgan fingerprint density at radius 3 is 2.73 bits per heavy atom. The zero-order valence-electron chi connectivity index (χ0n) is 29.9. The van der Waals surface area contributed by atoms with Gasteiger partial charge in [0.05, 0.1) is 44.3 Å². The molecular formula is C39H52ClN3O7S. The van der Waals surface area contributed by atoms with Crippen molar-refractivity contribution in [3.63, 3.8) is 0 Å². The lowest BCUT2D eigenvalue weighted by Gasteiger charge is -2.46. The highest BCUT2D eigenvalue weighted by molar-refractivity contribution is 7.90. The molecule has 5 aliphatic rings. The molecule has 0 radical (unpaired) electrons. The molecular weight excluding hydrogens is 690 g/mol. The van der Waals surface area contributed by atoms with Gasteiger partial charge >= 0.3 is 0 Å². The normalized spacial score (nSPS) is 31.7. The molecule has 2 bridgehead atoms. The monoisotopic (exact) mass is 741 g/mol. The van der Waals surface area contributed by atoms with E-state index >= 15 is 0 Å². The average Bonchev–Trinajstić information content (AvgIpc) is 3.26. The fourth-order valence-electron chi connectivity index (χ4n) is 8.95. The zero-order chi connectivity index (χ0) is 35.6. The van der Waals surface area contributed by atoms with Crippen LogP contribution >= 0.6 is 11.6 Å². The number of anilines is 1. The standard InChI is InChI=1S/C39H52ClN3O7S/c1-3-37-36(47-2)8-4-7-34(49-21-18-42-16-19-48-20-17-42)31-12-9-29(31)24-43-25-39(15-5-6-27-22-30(40)11-13-32(27)39)26-50-35-14-10-28(23-33(35)43)38(44)41-51(37,45)46/h4,7,10-11,13-14,22-23,29,31,34,36-37H,3,5-6,8-9,12,15-21,24-26H2,1-2H3,(H,41,44)/b7-4-/t29-,31+,34-,36-,37-,39-/m0/s1. The molecule has 1 saturated carbocycles. The number of methoxy groups -OCH3 is 1. The maximum atomic E-state index is 13.7. The summed E-state index contributed by atoms with van der Waals surface area (Å²) in [5.41, 5.74) is 3.38. The second kappa shape index (κ2) is 15.7. The SMILES string of the molecule is CC[C@H]1[C@@H](OC)C/C=C\[C@H](OCCN2CCOCC2)[C@@H]2CC[C@H]2CN2C[C@@]3(CCCc4cc(Cl)ccc43)COc3ccc(cc32)C(=O)NS1(=O)=O. The number of hydrogen-bond donors (Lipinski definition) is 1. The third-order valence-electron chi connectivity index (χ3n) is 11.9.